The Labute approximate surface area is 100 Å². The standard InChI is InChI=1S/C15H26O/c1-11(2)7-9-16-13-10-12-6-8-15(13,5)14(12,3)4/h7,12-13H,6,8-10H2,1-5H3/t12?,13-,15-/m1/s1. The average Bonchev–Trinajstić information content (AvgIpc) is 2.49. The Morgan fingerprint density at radius 3 is 2.44 bits per heavy atom. The van der Waals surface area contributed by atoms with E-state index < -0.39 is 0 Å². The van der Waals surface area contributed by atoms with Crippen LogP contribution >= 0.6 is 0 Å². The maximum absolute atomic E-state index is 6.11. The lowest BCUT2D eigenvalue weighted by Crippen LogP contribution is -2.37. The van der Waals surface area contributed by atoms with Gasteiger partial charge in [0.2, 0.25) is 0 Å². The van der Waals surface area contributed by atoms with Crippen LogP contribution in [0.2, 0.25) is 0 Å². The topological polar surface area (TPSA) is 9.23 Å². The van der Waals surface area contributed by atoms with Crippen LogP contribution < -0.4 is 0 Å². The van der Waals surface area contributed by atoms with Gasteiger partial charge in [-0.1, -0.05) is 32.4 Å². The van der Waals surface area contributed by atoms with E-state index in [0.29, 0.717) is 16.9 Å². The number of hydrogen-bond acceptors (Lipinski definition) is 1. The van der Waals surface area contributed by atoms with Crippen molar-refractivity contribution in [3.63, 3.8) is 0 Å². The van der Waals surface area contributed by atoms with Gasteiger partial charge in [0.05, 0.1) is 12.7 Å². The highest BCUT2D eigenvalue weighted by molar-refractivity contribution is 5.11. The van der Waals surface area contributed by atoms with Gasteiger partial charge in [0.25, 0.3) is 0 Å². The molecule has 0 aromatic carbocycles. The molecule has 92 valence electrons. The van der Waals surface area contributed by atoms with Crippen molar-refractivity contribution in [1.82, 2.24) is 0 Å². The van der Waals surface area contributed by atoms with Crippen molar-refractivity contribution in [2.24, 2.45) is 16.7 Å². The molecular weight excluding hydrogens is 196 g/mol. The van der Waals surface area contributed by atoms with Crippen LogP contribution in [0.1, 0.15) is 53.9 Å². The van der Waals surface area contributed by atoms with Gasteiger partial charge in [-0.05, 0) is 49.9 Å². The van der Waals surface area contributed by atoms with Crippen LogP contribution in [0, 0.1) is 16.7 Å². The van der Waals surface area contributed by atoms with Gasteiger partial charge in [0.15, 0.2) is 0 Å². The number of allylic oxidation sites excluding steroid dienone is 1. The molecule has 0 radical (unpaired) electrons. The summed E-state index contributed by atoms with van der Waals surface area (Å²) in [7, 11) is 0. The van der Waals surface area contributed by atoms with E-state index in [1.165, 1.54) is 24.8 Å². The van der Waals surface area contributed by atoms with Gasteiger partial charge in [-0.15, -0.1) is 0 Å². The highest BCUT2D eigenvalue weighted by Crippen LogP contribution is 2.66. The molecule has 2 bridgehead atoms. The second-order valence-electron chi connectivity index (χ2n) is 6.71. The molecule has 0 saturated heterocycles. The van der Waals surface area contributed by atoms with Crippen molar-refractivity contribution in [2.75, 3.05) is 6.61 Å². The SMILES string of the molecule is CC(C)=CCO[C@@H]1CC2CC[C@@]1(C)C2(C)C. The van der Waals surface area contributed by atoms with E-state index in [2.05, 4.69) is 40.7 Å². The first kappa shape index (κ1) is 12.2. The minimum absolute atomic E-state index is 0.410. The molecule has 1 heteroatoms. The molecule has 3 atom stereocenters. The fourth-order valence-electron chi connectivity index (χ4n) is 3.71. The largest absolute Gasteiger partial charge is 0.374 e. The van der Waals surface area contributed by atoms with Gasteiger partial charge in [-0.2, -0.15) is 0 Å². The molecule has 0 aromatic heterocycles. The summed E-state index contributed by atoms with van der Waals surface area (Å²) in [4.78, 5) is 0. The highest BCUT2D eigenvalue weighted by Gasteiger charge is 2.61. The fraction of sp³-hybridized carbons (Fsp3) is 0.867. The van der Waals surface area contributed by atoms with E-state index in [0.717, 1.165) is 12.5 Å². The van der Waals surface area contributed by atoms with Crippen LogP contribution in [-0.4, -0.2) is 12.7 Å². The zero-order valence-electron chi connectivity index (χ0n) is 11.5. The molecule has 0 aliphatic heterocycles. The summed E-state index contributed by atoms with van der Waals surface area (Å²) in [6.07, 6.45) is 6.72. The Morgan fingerprint density at radius 2 is 2.00 bits per heavy atom. The van der Waals surface area contributed by atoms with Crippen LogP contribution in [0.25, 0.3) is 0 Å². The van der Waals surface area contributed by atoms with E-state index >= 15 is 0 Å². The summed E-state index contributed by atoms with van der Waals surface area (Å²) < 4.78 is 6.11. The Bertz CT molecular complexity index is 299. The minimum Gasteiger partial charge on any atom is -0.374 e. The van der Waals surface area contributed by atoms with Gasteiger partial charge in [-0.3, -0.25) is 0 Å². The van der Waals surface area contributed by atoms with Crippen molar-refractivity contribution >= 4 is 0 Å². The molecule has 2 saturated carbocycles. The maximum atomic E-state index is 6.11. The van der Waals surface area contributed by atoms with E-state index in [1.807, 2.05) is 0 Å². The molecule has 2 aliphatic carbocycles. The molecule has 0 amide bonds. The van der Waals surface area contributed by atoms with Crippen molar-refractivity contribution in [2.45, 2.75) is 60.0 Å². The highest BCUT2D eigenvalue weighted by atomic mass is 16.5. The van der Waals surface area contributed by atoms with Crippen LogP contribution in [0.4, 0.5) is 0 Å². The molecular formula is C15H26O. The van der Waals surface area contributed by atoms with Crippen molar-refractivity contribution in [3.8, 4) is 0 Å². The lowest BCUT2D eigenvalue weighted by atomic mass is 9.70. The molecule has 0 heterocycles. The zero-order valence-corrected chi connectivity index (χ0v) is 11.5. The van der Waals surface area contributed by atoms with Crippen molar-refractivity contribution in [1.29, 1.82) is 0 Å². The van der Waals surface area contributed by atoms with Gasteiger partial charge in [0, 0.05) is 0 Å². The van der Waals surface area contributed by atoms with Crippen LogP contribution in [0.15, 0.2) is 11.6 Å². The molecule has 16 heavy (non-hydrogen) atoms. The van der Waals surface area contributed by atoms with E-state index in [-0.39, 0.29) is 0 Å². The van der Waals surface area contributed by atoms with Gasteiger partial charge >= 0.3 is 0 Å². The third-order valence-corrected chi connectivity index (χ3v) is 5.50. The Kier molecular flexibility index (Phi) is 2.94. The Hall–Kier alpha value is -0.300. The summed E-state index contributed by atoms with van der Waals surface area (Å²) in [5.41, 5.74) is 2.24. The Morgan fingerprint density at radius 1 is 1.31 bits per heavy atom. The first-order valence-electron chi connectivity index (χ1n) is 6.63. The lowest BCUT2D eigenvalue weighted by Gasteiger charge is -2.38. The van der Waals surface area contributed by atoms with Gasteiger partial charge < -0.3 is 4.74 Å². The molecule has 0 spiro atoms. The smallest absolute Gasteiger partial charge is 0.0653 e. The number of ether oxygens (including phenoxy) is 1. The molecule has 0 aromatic rings. The second-order valence-corrected chi connectivity index (χ2v) is 6.71. The quantitative estimate of drug-likeness (QED) is 0.651. The molecule has 1 nitrogen and oxygen atoms in total. The molecule has 2 rings (SSSR count). The summed E-state index contributed by atoms with van der Waals surface area (Å²) in [5, 5.41) is 0. The third kappa shape index (κ3) is 1.64. The molecule has 2 fully saturated rings. The fourth-order valence-corrected chi connectivity index (χ4v) is 3.71. The average molecular weight is 222 g/mol. The normalized spacial score (nSPS) is 40.1. The van der Waals surface area contributed by atoms with Gasteiger partial charge in [-0.25, -0.2) is 0 Å². The number of hydrogen-bond donors (Lipinski definition) is 0. The predicted molar refractivity (Wildman–Crippen MR) is 68.4 cm³/mol. The first-order chi connectivity index (χ1) is 7.38. The van der Waals surface area contributed by atoms with Crippen molar-refractivity contribution < 1.29 is 4.74 Å². The second kappa shape index (κ2) is 3.87. The Balaban J connectivity index is 2.02. The molecule has 0 N–H and O–H groups in total. The van der Waals surface area contributed by atoms with E-state index in [4.69, 9.17) is 4.74 Å². The predicted octanol–water partition coefficient (Wildman–Crippen LogP) is 4.18. The van der Waals surface area contributed by atoms with Crippen LogP contribution in [-0.2, 0) is 4.74 Å². The van der Waals surface area contributed by atoms with Crippen LogP contribution in [0.3, 0.4) is 0 Å². The summed E-state index contributed by atoms with van der Waals surface area (Å²) in [5.74, 6) is 0.884. The van der Waals surface area contributed by atoms with Crippen molar-refractivity contribution in [3.05, 3.63) is 11.6 Å². The molecule has 1 unspecified atom stereocenters. The lowest BCUT2D eigenvalue weighted by molar-refractivity contribution is -0.0353. The number of rotatable bonds is 3. The van der Waals surface area contributed by atoms with E-state index in [1.54, 1.807) is 0 Å². The third-order valence-electron chi connectivity index (χ3n) is 5.50. The summed E-state index contributed by atoms with van der Waals surface area (Å²) in [6.45, 7) is 12.4. The maximum Gasteiger partial charge on any atom is 0.0653 e. The zero-order chi connectivity index (χ0) is 12.0. The van der Waals surface area contributed by atoms with E-state index in [9.17, 15) is 0 Å². The van der Waals surface area contributed by atoms with Gasteiger partial charge in [0.1, 0.15) is 0 Å². The number of fused-ring (bicyclic) bond motifs is 2. The molecule has 2 aliphatic rings. The minimum atomic E-state index is 0.410. The monoisotopic (exact) mass is 222 g/mol. The first-order valence-corrected chi connectivity index (χ1v) is 6.63. The summed E-state index contributed by atoms with van der Waals surface area (Å²) >= 11 is 0. The summed E-state index contributed by atoms with van der Waals surface area (Å²) in [6, 6.07) is 0. The van der Waals surface area contributed by atoms with Crippen LogP contribution in [0.5, 0.6) is 0 Å².